The Labute approximate surface area is 172 Å². The van der Waals surface area contributed by atoms with Gasteiger partial charge >= 0.3 is 5.97 Å². The first kappa shape index (κ1) is 20.4. The van der Waals surface area contributed by atoms with Crippen molar-refractivity contribution in [2.45, 2.75) is 25.9 Å². The average molecular weight is 421 g/mol. The van der Waals surface area contributed by atoms with Crippen molar-refractivity contribution < 1.29 is 19.1 Å². The number of carbonyl (C=O) groups excluding carboxylic acids is 3. The second-order valence-corrected chi connectivity index (χ2v) is 8.01. The molecule has 1 aliphatic rings. The second-order valence-electron chi connectivity index (χ2n) is 6.62. The fourth-order valence-electron chi connectivity index (χ4n) is 3.01. The Bertz CT molecular complexity index is 848. The lowest BCUT2D eigenvalue weighted by Gasteiger charge is -2.31. The van der Waals surface area contributed by atoms with Crippen molar-refractivity contribution >= 4 is 46.4 Å². The molecule has 1 aromatic carbocycles. The lowest BCUT2D eigenvalue weighted by molar-refractivity contribution is -0.158. The molecule has 1 fully saturated rings. The van der Waals surface area contributed by atoms with E-state index in [0.717, 1.165) is 0 Å². The van der Waals surface area contributed by atoms with Crippen LogP contribution >= 0.6 is 22.9 Å². The first-order chi connectivity index (χ1) is 13.4. The van der Waals surface area contributed by atoms with Gasteiger partial charge in [-0.15, -0.1) is 11.3 Å². The number of amides is 2. The van der Waals surface area contributed by atoms with Crippen molar-refractivity contribution in [3.63, 3.8) is 0 Å². The summed E-state index contributed by atoms with van der Waals surface area (Å²) in [5, 5.41) is 5.05. The van der Waals surface area contributed by atoms with Crippen LogP contribution in [0.25, 0.3) is 0 Å². The van der Waals surface area contributed by atoms with Gasteiger partial charge in [0, 0.05) is 23.8 Å². The predicted molar refractivity (Wildman–Crippen MR) is 109 cm³/mol. The van der Waals surface area contributed by atoms with Gasteiger partial charge in [0.15, 0.2) is 6.10 Å². The molecule has 0 spiro atoms. The van der Waals surface area contributed by atoms with Crippen molar-refractivity contribution in [3.8, 4) is 0 Å². The van der Waals surface area contributed by atoms with E-state index in [1.807, 2.05) is 11.4 Å². The summed E-state index contributed by atoms with van der Waals surface area (Å²) in [7, 11) is 0. The van der Waals surface area contributed by atoms with E-state index in [9.17, 15) is 14.4 Å². The zero-order valence-corrected chi connectivity index (χ0v) is 17.0. The van der Waals surface area contributed by atoms with Crippen LogP contribution in [0, 0.1) is 5.92 Å². The van der Waals surface area contributed by atoms with Crippen molar-refractivity contribution in [1.29, 1.82) is 0 Å². The number of benzene rings is 1. The van der Waals surface area contributed by atoms with Crippen molar-refractivity contribution in [2.24, 2.45) is 5.92 Å². The summed E-state index contributed by atoms with van der Waals surface area (Å²) >= 11 is 7.31. The van der Waals surface area contributed by atoms with E-state index in [4.69, 9.17) is 16.3 Å². The van der Waals surface area contributed by atoms with Crippen molar-refractivity contribution in [3.05, 3.63) is 51.7 Å². The number of esters is 1. The maximum absolute atomic E-state index is 12.4. The number of nitrogens with one attached hydrogen (secondary N) is 1. The topological polar surface area (TPSA) is 75.7 Å². The zero-order chi connectivity index (χ0) is 20.1. The molecule has 1 aliphatic heterocycles. The molecule has 0 unspecified atom stereocenters. The molecule has 8 heteroatoms. The van der Waals surface area contributed by atoms with Crippen LogP contribution < -0.4 is 5.32 Å². The molecule has 0 bridgehead atoms. The minimum atomic E-state index is -0.919. The van der Waals surface area contributed by atoms with E-state index in [1.54, 1.807) is 35.2 Å². The Hall–Kier alpha value is -2.38. The Morgan fingerprint density at radius 3 is 2.61 bits per heavy atom. The number of hydrogen-bond donors (Lipinski definition) is 1. The molecule has 1 atom stereocenters. The Morgan fingerprint density at radius 2 is 1.96 bits per heavy atom. The molecule has 148 valence electrons. The number of anilines is 1. The maximum Gasteiger partial charge on any atom is 0.309 e. The van der Waals surface area contributed by atoms with E-state index in [-0.39, 0.29) is 11.8 Å². The summed E-state index contributed by atoms with van der Waals surface area (Å²) in [6, 6.07) is 10.4. The van der Waals surface area contributed by atoms with Gasteiger partial charge < -0.3 is 15.0 Å². The normalized spacial score (nSPS) is 15.7. The van der Waals surface area contributed by atoms with Crippen LogP contribution in [-0.4, -0.2) is 41.9 Å². The largest absolute Gasteiger partial charge is 0.452 e. The SMILES string of the molecule is C[C@@H](OC(=O)C1CCN(C(=O)c2cccs2)CC1)C(=O)Nc1cccc(Cl)c1. The average Bonchev–Trinajstić information content (AvgIpc) is 3.22. The van der Waals surface area contributed by atoms with Crippen LogP contribution in [0.1, 0.15) is 29.4 Å². The molecule has 28 heavy (non-hydrogen) atoms. The number of thiophene rings is 1. The smallest absolute Gasteiger partial charge is 0.309 e. The van der Waals surface area contributed by atoms with Gasteiger partial charge in [-0.25, -0.2) is 0 Å². The minimum absolute atomic E-state index is 0.00362. The molecule has 2 aromatic rings. The lowest BCUT2D eigenvalue weighted by Crippen LogP contribution is -2.41. The van der Waals surface area contributed by atoms with Crippen LogP contribution in [0.2, 0.25) is 5.02 Å². The molecule has 0 aliphatic carbocycles. The number of rotatable bonds is 5. The van der Waals surface area contributed by atoms with Gasteiger partial charge in [-0.2, -0.15) is 0 Å². The Kier molecular flexibility index (Phi) is 6.70. The van der Waals surface area contributed by atoms with Crippen LogP contribution in [0.5, 0.6) is 0 Å². The zero-order valence-electron chi connectivity index (χ0n) is 15.4. The minimum Gasteiger partial charge on any atom is -0.452 e. The van der Waals surface area contributed by atoms with E-state index < -0.39 is 18.0 Å². The number of hydrogen-bond acceptors (Lipinski definition) is 5. The first-order valence-corrected chi connectivity index (χ1v) is 10.3. The summed E-state index contributed by atoms with van der Waals surface area (Å²) in [6.07, 6.45) is 0.134. The molecule has 1 N–H and O–H groups in total. The molecule has 2 amide bonds. The van der Waals surface area contributed by atoms with Crippen LogP contribution in [-0.2, 0) is 14.3 Å². The third-order valence-corrected chi connectivity index (χ3v) is 5.69. The highest BCUT2D eigenvalue weighted by Gasteiger charge is 2.31. The van der Waals surface area contributed by atoms with E-state index in [0.29, 0.717) is 41.5 Å². The molecular formula is C20H21ClN2O4S. The first-order valence-electron chi connectivity index (χ1n) is 9.03. The molecule has 3 rings (SSSR count). The van der Waals surface area contributed by atoms with Crippen LogP contribution in [0.4, 0.5) is 5.69 Å². The molecule has 2 heterocycles. The number of nitrogens with zero attached hydrogens (tertiary/aromatic N) is 1. The maximum atomic E-state index is 12.4. The number of piperidine rings is 1. The van der Waals surface area contributed by atoms with Crippen LogP contribution in [0.15, 0.2) is 41.8 Å². The van der Waals surface area contributed by atoms with E-state index >= 15 is 0 Å². The molecule has 6 nitrogen and oxygen atoms in total. The Morgan fingerprint density at radius 1 is 1.21 bits per heavy atom. The summed E-state index contributed by atoms with van der Waals surface area (Å²) in [4.78, 5) is 39.4. The summed E-state index contributed by atoms with van der Waals surface area (Å²) in [5.41, 5.74) is 0.542. The molecule has 1 aromatic heterocycles. The van der Waals surface area contributed by atoms with Crippen molar-refractivity contribution in [1.82, 2.24) is 4.90 Å². The van der Waals surface area contributed by atoms with Crippen LogP contribution in [0.3, 0.4) is 0 Å². The summed E-state index contributed by atoms with van der Waals surface area (Å²) < 4.78 is 5.34. The summed E-state index contributed by atoms with van der Waals surface area (Å²) in [6.45, 7) is 2.53. The highest BCUT2D eigenvalue weighted by molar-refractivity contribution is 7.12. The number of carbonyl (C=O) groups is 3. The molecule has 0 radical (unpaired) electrons. The number of likely N-dealkylation sites (tertiary alicyclic amines) is 1. The lowest BCUT2D eigenvalue weighted by atomic mass is 9.97. The number of ether oxygens (including phenoxy) is 1. The molecule has 1 saturated heterocycles. The fraction of sp³-hybridized carbons (Fsp3) is 0.350. The van der Waals surface area contributed by atoms with Gasteiger partial charge in [0.25, 0.3) is 11.8 Å². The van der Waals surface area contributed by atoms with Gasteiger partial charge in [-0.05, 0) is 49.4 Å². The predicted octanol–water partition coefficient (Wildman–Crippen LogP) is 3.82. The highest BCUT2D eigenvalue weighted by Crippen LogP contribution is 2.22. The van der Waals surface area contributed by atoms with Gasteiger partial charge in [0.05, 0.1) is 10.8 Å². The van der Waals surface area contributed by atoms with Crippen molar-refractivity contribution in [2.75, 3.05) is 18.4 Å². The monoisotopic (exact) mass is 420 g/mol. The standard InChI is InChI=1S/C20H21ClN2O4S/c1-13(18(24)22-16-5-2-4-15(21)12-16)27-20(26)14-7-9-23(10-8-14)19(25)17-6-3-11-28-17/h2-6,11-14H,7-10H2,1H3,(H,22,24)/t13-/m1/s1. The van der Waals surface area contributed by atoms with Gasteiger partial charge in [0.1, 0.15) is 0 Å². The third-order valence-electron chi connectivity index (χ3n) is 4.60. The molecular weight excluding hydrogens is 400 g/mol. The van der Waals surface area contributed by atoms with Gasteiger partial charge in [-0.1, -0.05) is 23.7 Å². The van der Waals surface area contributed by atoms with E-state index in [1.165, 1.54) is 18.3 Å². The van der Waals surface area contributed by atoms with E-state index in [2.05, 4.69) is 5.32 Å². The fourth-order valence-corrected chi connectivity index (χ4v) is 3.89. The summed E-state index contributed by atoms with van der Waals surface area (Å²) in [5.74, 6) is -1.14. The second kappa shape index (κ2) is 9.21. The quantitative estimate of drug-likeness (QED) is 0.746. The van der Waals surface area contributed by atoms with Gasteiger partial charge in [-0.3, -0.25) is 14.4 Å². The molecule has 0 saturated carbocycles. The third kappa shape index (κ3) is 5.11. The Balaban J connectivity index is 1.47. The van der Waals surface area contributed by atoms with Gasteiger partial charge in [0.2, 0.25) is 0 Å². The highest BCUT2D eigenvalue weighted by atomic mass is 35.5. The number of halogens is 1.